The van der Waals surface area contributed by atoms with Gasteiger partial charge in [-0.3, -0.25) is 9.55 Å². The highest BCUT2D eigenvalue weighted by atomic mass is 16.3. The monoisotopic (exact) mass is 810 g/mol. The van der Waals surface area contributed by atoms with E-state index in [4.69, 9.17) is 14.1 Å². The summed E-state index contributed by atoms with van der Waals surface area (Å²) in [5.41, 5.74) is 15.3. The van der Waals surface area contributed by atoms with E-state index in [0.717, 1.165) is 72.5 Å². The second-order valence-corrected chi connectivity index (χ2v) is 18.4. The number of phenolic OH excluding ortho intramolecular Hbond substituents is 1. The summed E-state index contributed by atoms with van der Waals surface area (Å²) in [6.45, 7) is 12.9. The lowest BCUT2D eigenvalue weighted by Gasteiger charge is -2.22. The zero-order valence-electron chi connectivity index (χ0n) is 39.5. The summed E-state index contributed by atoms with van der Waals surface area (Å²) in [6.07, 6.45) is 1.88. The van der Waals surface area contributed by atoms with Gasteiger partial charge in [0, 0.05) is 27.0 Å². The van der Waals surface area contributed by atoms with E-state index in [2.05, 4.69) is 150 Å². The number of benzene rings is 7. The lowest BCUT2D eigenvalue weighted by atomic mass is 9.83. The maximum atomic E-state index is 11.6. The maximum Gasteiger partial charge on any atom is 0.149 e. The zero-order valence-corrected chi connectivity index (χ0v) is 36.5. The molecule has 1 N–H and O–H groups in total. The second-order valence-electron chi connectivity index (χ2n) is 18.4. The van der Waals surface area contributed by atoms with Crippen molar-refractivity contribution in [2.45, 2.75) is 66.1 Å². The highest BCUT2D eigenvalue weighted by molar-refractivity contribution is 5.98. The average Bonchev–Trinajstić information content (AvgIpc) is 3.68. The maximum absolute atomic E-state index is 11.6. The number of phenols is 1. The van der Waals surface area contributed by atoms with Crippen molar-refractivity contribution in [2.24, 2.45) is 0 Å². The van der Waals surface area contributed by atoms with Crippen LogP contribution in [0.5, 0.6) is 5.75 Å². The van der Waals surface area contributed by atoms with E-state index in [1.54, 1.807) is 12.1 Å². The van der Waals surface area contributed by atoms with Crippen LogP contribution in [0.1, 0.15) is 67.9 Å². The molecule has 62 heavy (non-hydrogen) atoms. The number of rotatable bonds is 7. The highest BCUT2D eigenvalue weighted by Gasteiger charge is 2.25. The lowest BCUT2D eigenvalue weighted by Crippen LogP contribution is -2.11. The largest absolute Gasteiger partial charge is 0.507 e. The van der Waals surface area contributed by atoms with Crippen LogP contribution in [0, 0.1) is 13.8 Å². The van der Waals surface area contributed by atoms with Crippen LogP contribution in [0.2, 0.25) is 0 Å². The number of aryl methyl sites for hydroxylation is 2. The van der Waals surface area contributed by atoms with Crippen molar-refractivity contribution in [1.82, 2.24) is 14.5 Å². The Balaban J connectivity index is 1.34. The molecule has 0 aliphatic heterocycles. The minimum absolute atomic E-state index is 0.0819. The average molecular weight is 811 g/mol. The molecule has 4 nitrogen and oxygen atoms in total. The van der Waals surface area contributed by atoms with Gasteiger partial charge in [0.2, 0.25) is 0 Å². The third kappa shape index (κ3) is 7.74. The third-order valence-corrected chi connectivity index (χ3v) is 11.9. The molecule has 306 valence electrons. The first-order chi connectivity index (χ1) is 30.9. The highest BCUT2D eigenvalue weighted by Crippen LogP contribution is 2.43. The van der Waals surface area contributed by atoms with Crippen molar-refractivity contribution in [2.75, 3.05) is 0 Å². The molecule has 0 unspecified atom stereocenters. The third-order valence-electron chi connectivity index (χ3n) is 11.9. The number of hydrogen-bond acceptors (Lipinski definition) is 3. The molecule has 0 saturated carbocycles. The van der Waals surface area contributed by atoms with Gasteiger partial charge in [-0.25, -0.2) is 4.98 Å². The quantitative estimate of drug-likeness (QED) is 0.174. The Bertz CT molecular complexity index is 3210. The van der Waals surface area contributed by atoms with Crippen LogP contribution in [0.4, 0.5) is 0 Å². The van der Waals surface area contributed by atoms with E-state index in [-0.39, 0.29) is 22.1 Å². The van der Waals surface area contributed by atoms with Gasteiger partial charge in [0.1, 0.15) is 11.6 Å². The van der Waals surface area contributed by atoms with E-state index in [0.29, 0.717) is 17.0 Å². The van der Waals surface area contributed by atoms with Gasteiger partial charge in [0.05, 0.1) is 28.0 Å². The van der Waals surface area contributed by atoms with Crippen LogP contribution >= 0.6 is 0 Å². The number of nitrogens with zero attached hydrogens (tertiary/aromatic N) is 3. The Morgan fingerprint density at radius 1 is 0.516 bits per heavy atom. The summed E-state index contributed by atoms with van der Waals surface area (Å²) < 4.78 is 28.6. The van der Waals surface area contributed by atoms with E-state index in [9.17, 15) is 5.11 Å². The first kappa shape index (κ1) is 36.8. The van der Waals surface area contributed by atoms with Crippen molar-refractivity contribution in [3.63, 3.8) is 0 Å². The van der Waals surface area contributed by atoms with Gasteiger partial charge in [-0.15, -0.1) is 0 Å². The summed E-state index contributed by atoms with van der Waals surface area (Å²) in [7, 11) is 0. The molecule has 0 spiro atoms. The Labute approximate surface area is 370 Å². The van der Waals surface area contributed by atoms with Crippen LogP contribution in [0.15, 0.2) is 170 Å². The molecule has 4 heteroatoms. The first-order valence-corrected chi connectivity index (χ1v) is 21.3. The topological polar surface area (TPSA) is 50.9 Å². The SMILES string of the molecule is [2H]C([2H])([2H])c1cc(-c2ccc(C(C)(C)C)cc2)c(-n2c(-c3ccccc3O)nc3c(-c4cc(-c5cc(-c6ccc(C)cc6)ccn5)cc(C(C)(C)C)c4)cccc32)cc1-c1ccccc1. The standard InChI is InChI=1S/C58H53N3O/c1-37-21-23-39(24-22-37)42-29-30-59-51(35-42)44-32-43(33-46(34-44)58(6,7)8)47-18-14-19-52-55(47)60-56(48-17-12-13-20-54(48)62)61(52)53-36-49(40-15-10-9-11-16-40)38(2)31-50(53)41-25-27-45(28-26-41)57(3,4)5/h9-36,62H,1-8H3/i2D3. The first-order valence-electron chi connectivity index (χ1n) is 22.8. The smallest absolute Gasteiger partial charge is 0.149 e. The molecule has 0 aliphatic carbocycles. The molecule has 9 aromatic rings. The molecule has 0 fully saturated rings. The van der Waals surface area contributed by atoms with Crippen LogP contribution in [0.3, 0.4) is 0 Å². The Morgan fingerprint density at radius 3 is 1.89 bits per heavy atom. The second kappa shape index (κ2) is 15.8. The van der Waals surface area contributed by atoms with Gasteiger partial charge in [-0.1, -0.05) is 156 Å². The van der Waals surface area contributed by atoms with Gasteiger partial charge in [-0.2, -0.15) is 0 Å². The van der Waals surface area contributed by atoms with Crippen molar-refractivity contribution in [1.29, 1.82) is 0 Å². The summed E-state index contributed by atoms with van der Waals surface area (Å²) in [5.74, 6) is 0.610. The summed E-state index contributed by atoms with van der Waals surface area (Å²) in [4.78, 5) is 10.4. The van der Waals surface area contributed by atoms with Crippen LogP contribution in [0.25, 0.3) is 83.9 Å². The van der Waals surface area contributed by atoms with Crippen molar-refractivity contribution < 1.29 is 9.22 Å². The summed E-state index contributed by atoms with van der Waals surface area (Å²) >= 11 is 0. The lowest BCUT2D eigenvalue weighted by molar-refractivity contribution is 0.477. The van der Waals surface area contributed by atoms with Crippen LogP contribution in [-0.2, 0) is 10.8 Å². The van der Waals surface area contributed by atoms with Crippen LogP contribution in [-0.4, -0.2) is 19.6 Å². The number of aromatic nitrogens is 3. The number of imidazole rings is 1. The fourth-order valence-electron chi connectivity index (χ4n) is 8.31. The Hall–Kier alpha value is -7.04. The van der Waals surface area contributed by atoms with E-state index in [1.165, 1.54) is 11.1 Å². The number of aromatic hydroxyl groups is 1. The van der Waals surface area contributed by atoms with Gasteiger partial charge in [-0.05, 0) is 129 Å². The molecule has 0 amide bonds. The van der Waals surface area contributed by atoms with Gasteiger partial charge in [0.25, 0.3) is 0 Å². The van der Waals surface area contributed by atoms with Crippen LogP contribution < -0.4 is 0 Å². The summed E-state index contributed by atoms with van der Waals surface area (Å²) in [5, 5.41) is 11.6. The van der Waals surface area contributed by atoms with E-state index < -0.39 is 6.85 Å². The minimum Gasteiger partial charge on any atom is -0.507 e. The molecule has 2 aromatic heterocycles. The fourth-order valence-corrected chi connectivity index (χ4v) is 8.31. The molecule has 0 aliphatic rings. The van der Waals surface area contributed by atoms with Crippen molar-refractivity contribution in [3.8, 4) is 78.6 Å². The fraction of sp³-hybridized carbons (Fsp3) is 0.172. The molecule has 9 rings (SSSR count). The molecular weight excluding hydrogens is 755 g/mol. The predicted octanol–water partition coefficient (Wildman–Crippen LogP) is 15.3. The van der Waals surface area contributed by atoms with E-state index in [1.807, 2.05) is 60.8 Å². The van der Waals surface area contributed by atoms with Gasteiger partial charge >= 0.3 is 0 Å². The van der Waals surface area contributed by atoms with Gasteiger partial charge < -0.3 is 5.11 Å². The van der Waals surface area contributed by atoms with E-state index >= 15 is 0 Å². The Morgan fingerprint density at radius 2 is 1.18 bits per heavy atom. The zero-order chi connectivity index (χ0) is 45.8. The summed E-state index contributed by atoms with van der Waals surface area (Å²) in [6, 6.07) is 54.9. The molecule has 7 aromatic carbocycles. The van der Waals surface area contributed by atoms with Crippen molar-refractivity contribution in [3.05, 3.63) is 192 Å². The number of para-hydroxylation sites is 2. The molecule has 0 saturated heterocycles. The number of hydrogen-bond donors (Lipinski definition) is 1. The number of fused-ring (bicyclic) bond motifs is 1. The van der Waals surface area contributed by atoms with Crippen molar-refractivity contribution >= 4 is 11.0 Å². The number of pyridine rings is 1. The molecule has 2 heterocycles. The Kier molecular flexibility index (Phi) is 9.36. The molecule has 0 atom stereocenters. The molecular formula is C58H53N3O. The molecule has 0 bridgehead atoms. The minimum atomic E-state index is -2.42. The van der Waals surface area contributed by atoms with Gasteiger partial charge in [0.15, 0.2) is 0 Å². The normalized spacial score (nSPS) is 12.9. The molecule has 0 radical (unpaired) electrons. The predicted molar refractivity (Wildman–Crippen MR) is 260 cm³/mol.